The topological polar surface area (TPSA) is 75.7 Å². The van der Waals surface area contributed by atoms with E-state index in [4.69, 9.17) is 4.74 Å². The number of hydrogen-bond donors (Lipinski definition) is 1. The molecule has 27 heavy (non-hydrogen) atoms. The molecule has 2 aromatic carbocycles. The Labute approximate surface area is 158 Å². The van der Waals surface area contributed by atoms with E-state index in [1.165, 1.54) is 11.8 Å². The van der Waals surface area contributed by atoms with Crippen molar-refractivity contribution in [3.05, 3.63) is 60.2 Å². The zero-order valence-corrected chi connectivity index (χ0v) is 15.2. The van der Waals surface area contributed by atoms with E-state index in [0.717, 1.165) is 5.56 Å². The summed E-state index contributed by atoms with van der Waals surface area (Å²) in [7, 11) is 0. The van der Waals surface area contributed by atoms with Crippen LogP contribution in [0.25, 0.3) is 0 Å². The largest absolute Gasteiger partial charge is 0.492 e. The Kier molecular flexibility index (Phi) is 5.86. The Morgan fingerprint density at radius 3 is 2.26 bits per heavy atom. The molecule has 0 unspecified atom stereocenters. The Morgan fingerprint density at radius 1 is 1.04 bits per heavy atom. The molecule has 0 atom stereocenters. The Bertz CT molecular complexity index is 800. The number of carbonyl (C=O) groups excluding carboxylic acids is 3. The number of benzene rings is 2. The van der Waals surface area contributed by atoms with Crippen molar-refractivity contribution in [3.8, 4) is 5.75 Å². The molecule has 1 aliphatic rings. The molecule has 1 aliphatic heterocycles. The van der Waals surface area contributed by atoms with Gasteiger partial charge in [-0.15, -0.1) is 0 Å². The van der Waals surface area contributed by atoms with Gasteiger partial charge in [-0.3, -0.25) is 19.3 Å². The Hall–Kier alpha value is -3.15. The van der Waals surface area contributed by atoms with Gasteiger partial charge in [0.15, 0.2) is 0 Å². The summed E-state index contributed by atoms with van der Waals surface area (Å²) in [5.74, 6) is 0.0990. The molecule has 0 bridgehead atoms. The number of nitrogens with one attached hydrogen (secondary N) is 1. The maximum absolute atomic E-state index is 12.4. The summed E-state index contributed by atoms with van der Waals surface area (Å²) in [5.41, 5.74) is 1.71. The third-order valence-electron chi connectivity index (χ3n) is 4.47. The molecule has 1 heterocycles. The van der Waals surface area contributed by atoms with Gasteiger partial charge in [0.05, 0.1) is 6.54 Å². The molecule has 3 rings (SSSR count). The van der Waals surface area contributed by atoms with Gasteiger partial charge in [-0.25, -0.2) is 0 Å². The molecule has 1 saturated heterocycles. The number of anilines is 1. The first-order valence-corrected chi connectivity index (χ1v) is 8.91. The number of piperidine rings is 1. The fourth-order valence-electron chi connectivity index (χ4n) is 3.16. The minimum atomic E-state index is -0.162. The van der Waals surface area contributed by atoms with Gasteiger partial charge in [0.1, 0.15) is 12.4 Å². The molecule has 1 fully saturated rings. The summed E-state index contributed by atoms with van der Waals surface area (Å²) in [6.45, 7) is 1.90. The first-order chi connectivity index (χ1) is 13.0. The molecule has 0 saturated carbocycles. The van der Waals surface area contributed by atoms with Crippen LogP contribution in [0.5, 0.6) is 5.75 Å². The standard InChI is InChI=1S/C21H22N2O4/c1-15(24)22-18-7-9-19(10-8-18)27-12-11-23-20(25)13-17(14-21(23)26)16-5-3-2-4-6-16/h2-10,17H,11-14H2,1H3,(H,22,24). The van der Waals surface area contributed by atoms with Crippen LogP contribution >= 0.6 is 0 Å². The molecule has 140 valence electrons. The predicted molar refractivity (Wildman–Crippen MR) is 101 cm³/mol. The molecule has 3 amide bonds. The second-order valence-corrected chi connectivity index (χ2v) is 6.51. The molecular weight excluding hydrogens is 344 g/mol. The summed E-state index contributed by atoms with van der Waals surface area (Å²) in [5, 5.41) is 2.68. The first kappa shape index (κ1) is 18.6. The molecule has 0 aliphatic carbocycles. The second-order valence-electron chi connectivity index (χ2n) is 6.51. The molecular formula is C21H22N2O4. The van der Waals surface area contributed by atoms with Gasteiger partial charge in [-0.1, -0.05) is 30.3 Å². The van der Waals surface area contributed by atoms with E-state index in [1.807, 2.05) is 30.3 Å². The van der Waals surface area contributed by atoms with Gasteiger partial charge in [0, 0.05) is 31.4 Å². The average molecular weight is 366 g/mol. The zero-order chi connectivity index (χ0) is 19.2. The summed E-state index contributed by atoms with van der Waals surface area (Å²) in [4.78, 5) is 37.1. The molecule has 0 radical (unpaired) electrons. The maximum Gasteiger partial charge on any atom is 0.229 e. The quantitative estimate of drug-likeness (QED) is 0.798. The van der Waals surface area contributed by atoms with Crippen LogP contribution in [-0.4, -0.2) is 35.8 Å². The average Bonchev–Trinajstić information content (AvgIpc) is 2.65. The third kappa shape index (κ3) is 4.94. The molecule has 2 aromatic rings. The van der Waals surface area contributed by atoms with Gasteiger partial charge >= 0.3 is 0 Å². The van der Waals surface area contributed by atoms with Crippen molar-refractivity contribution in [1.82, 2.24) is 4.90 Å². The second kappa shape index (κ2) is 8.49. The van der Waals surface area contributed by atoms with E-state index in [1.54, 1.807) is 24.3 Å². The van der Waals surface area contributed by atoms with Gasteiger partial charge in [0.25, 0.3) is 0 Å². The van der Waals surface area contributed by atoms with E-state index >= 15 is 0 Å². The number of likely N-dealkylation sites (tertiary alicyclic amines) is 1. The van der Waals surface area contributed by atoms with Crippen molar-refractivity contribution >= 4 is 23.4 Å². The van der Waals surface area contributed by atoms with Crippen molar-refractivity contribution in [2.75, 3.05) is 18.5 Å². The lowest BCUT2D eigenvalue weighted by molar-refractivity contribution is -0.149. The van der Waals surface area contributed by atoms with Crippen LogP contribution in [0.15, 0.2) is 54.6 Å². The lowest BCUT2D eigenvalue weighted by Crippen LogP contribution is -2.44. The van der Waals surface area contributed by atoms with E-state index in [-0.39, 0.29) is 36.8 Å². The van der Waals surface area contributed by atoms with Crippen molar-refractivity contribution < 1.29 is 19.1 Å². The van der Waals surface area contributed by atoms with Crippen LogP contribution in [0.2, 0.25) is 0 Å². The van der Waals surface area contributed by atoms with Crippen LogP contribution in [0.3, 0.4) is 0 Å². The van der Waals surface area contributed by atoms with E-state index < -0.39 is 0 Å². The number of imide groups is 1. The number of amides is 3. The molecule has 1 N–H and O–H groups in total. The smallest absolute Gasteiger partial charge is 0.229 e. The molecule has 6 nitrogen and oxygen atoms in total. The van der Waals surface area contributed by atoms with Crippen LogP contribution in [0.4, 0.5) is 5.69 Å². The third-order valence-corrected chi connectivity index (χ3v) is 4.47. The molecule has 0 spiro atoms. The monoisotopic (exact) mass is 366 g/mol. The highest BCUT2D eigenvalue weighted by Crippen LogP contribution is 2.29. The Morgan fingerprint density at radius 2 is 1.67 bits per heavy atom. The van der Waals surface area contributed by atoms with Gasteiger partial charge in [-0.05, 0) is 29.8 Å². The minimum Gasteiger partial charge on any atom is -0.492 e. The van der Waals surface area contributed by atoms with Crippen molar-refractivity contribution in [2.24, 2.45) is 0 Å². The van der Waals surface area contributed by atoms with Crippen molar-refractivity contribution in [3.63, 3.8) is 0 Å². The fourth-order valence-corrected chi connectivity index (χ4v) is 3.16. The highest BCUT2D eigenvalue weighted by atomic mass is 16.5. The van der Waals surface area contributed by atoms with Crippen molar-refractivity contribution in [2.45, 2.75) is 25.7 Å². The van der Waals surface area contributed by atoms with Crippen LogP contribution < -0.4 is 10.1 Å². The lowest BCUT2D eigenvalue weighted by Gasteiger charge is -2.30. The SMILES string of the molecule is CC(=O)Nc1ccc(OCCN2C(=O)CC(c3ccccc3)CC2=O)cc1. The number of ether oxygens (including phenoxy) is 1. The van der Waals surface area contributed by atoms with Crippen LogP contribution in [-0.2, 0) is 14.4 Å². The summed E-state index contributed by atoms with van der Waals surface area (Å²) >= 11 is 0. The van der Waals surface area contributed by atoms with E-state index in [9.17, 15) is 14.4 Å². The zero-order valence-electron chi connectivity index (χ0n) is 15.2. The van der Waals surface area contributed by atoms with Gasteiger partial charge in [-0.2, -0.15) is 0 Å². The van der Waals surface area contributed by atoms with Gasteiger partial charge in [0.2, 0.25) is 17.7 Å². The normalized spacial score (nSPS) is 14.9. The lowest BCUT2D eigenvalue weighted by atomic mass is 9.88. The predicted octanol–water partition coefficient (Wildman–Crippen LogP) is 2.96. The summed E-state index contributed by atoms with van der Waals surface area (Å²) in [6.07, 6.45) is 0.669. The summed E-state index contributed by atoms with van der Waals surface area (Å²) in [6, 6.07) is 16.6. The first-order valence-electron chi connectivity index (χ1n) is 8.91. The summed E-state index contributed by atoms with van der Waals surface area (Å²) < 4.78 is 5.62. The van der Waals surface area contributed by atoms with E-state index in [0.29, 0.717) is 24.3 Å². The Balaban J connectivity index is 1.50. The molecule has 6 heteroatoms. The molecule has 0 aromatic heterocycles. The van der Waals surface area contributed by atoms with Crippen LogP contribution in [0, 0.1) is 0 Å². The highest BCUT2D eigenvalue weighted by molar-refractivity contribution is 5.98. The maximum atomic E-state index is 12.4. The number of nitrogens with zero attached hydrogens (tertiary/aromatic N) is 1. The van der Waals surface area contributed by atoms with Crippen LogP contribution in [0.1, 0.15) is 31.2 Å². The fraction of sp³-hybridized carbons (Fsp3) is 0.286. The van der Waals surface area contributed by atoms with E-state index in [2.05, 4.69) is 5.32 Å². The number of hydrogen-bond acceptors (Lipinski definition) is 4. The number of rotatable bonds is 6. The highest BCUT2D eigenvalue weighted by Gasteiger charge is 2.32. The van der Waals surface area contributed by atoms with Crippen molar-refractivity contribution in [1.29, 1.82) is 0 Å². The minimum absolute atomic E-state index is 0.0512. The van der Waals surface area contributed by atoms with Gasteiger partial charge < -0.3 is 10.1 Å². The number of carbonyl (C=O) groups is 3.